The molecule has 3 aromatic rings. The number of hydrogen-bond donors (Lipinski definition) is 2. The number of amides is 1. The number of aliphatic hydroxyl groups excluding tert-OH is 1. The molecule has 9 heteroatoms. The maximum atomic E-state index is 13.0. The molecule has 148 valence electrons. The van der Waals surface area contributed by atoms with Crippen LogP contribution >= 0.6 is 11.6 Å². The molecule has 4 rings (SSSR count). The van der Waals surface area contributed by atoms with E-state index in [1.54, 1.807) is 24.3 Å². The number of carbonyl (C=O) groups is 1. The number of nitrogens with one attached hydrogen (secondary N) is 1. The van der Waals surface area contributed by atoms with Crippen LogP contribution in [0.4, 0.5) is 0 Å². The minimum absolute atomic E-state index is 0.0760. The van der Waals surface area contributed by atoms with Gasteiger partial charge in [0.05, 0.1) is 30.7 Å². The Morgan fingerprint density at radius 3 is 2.55 bits per heavy atom. The molecular weight excluding hydrogens is 394 g/mol. The molecule has 1 atom stereocenters. The fraction of sp³-hybridized carbons (Fsp3) is 0.250. The number of halogens is 1. The summed E-state index contributed by atoms with van der Waals surface area (Å²) in [5.41, 5.74) is 0.774. The van der Waals surface area contributed by atoms with E-state index in [4.69, 9.17) is 11.6 Å². The number of hydrogen-bond acceptors (Lipinski definition) is 6. The Morgan fingerprint density at radius 1 is 1.24 bits per heavy atom. The van der Waals surface area contributed by atoms with Gasteiger partial charge in [0.2, 0.25) is 0 Å². The lowest BCUT2D eigenvalue weighted by Crippen LogP contribution is -2.42. The number of carbonyl (C=O) groups excluding carboxylic acids is 1. The van der Waals surface area contributed by atoms with Crippen molar-refractivity contribution >= 4 is 17.5 Å². The van der Waals surface area contributed by atoms with Crippen LogP contribution in [0.2, 0.25) is 5.02 Å². The zero-order valence-corrected chi connectivity index (χ0v) is 16.1. The standard InChI is InChI=1S/C20H18ClN5O3/c21-14-5-3-12(4-6-14)17-7-16(19(28)24-18(10-27)13-1-2-13)20(29)26(25-17)15-8-22-11-23-9-15/h3-9,11,13,18,27H,1-2,10H2,(H,24,28). The van der Waals surface area contributed by atoms with Crippen LogP contribution in [0.3, 0.4) is 0 Å². The highest BCUT2D eigenvalue weighted by Crippen LogP contribution is 2.32. The second-order valence-electron chi connectivity index (χ2n) is 6.86. The lowest BCUT2D eigenvalue weighted by molar-refractivity contribution is 0.0906. The Bertz CT molecular complexity index is 1080. The first-order chi connectivity index (χ1) is 14.1. The normalized spacial score (nSPS) is 14.4. The summed E-state index contributed by atoms with van der Waals surface area (Å²) in [6, 6.07) is 7.99. The summed E-state index contributed by atoms with van der Waals surface area (Å²) in [6.45, 7) is -0.174. The van der Waals surface area contributed by atoms with Crippen LogP contribution in [0.1, 0.15) is 23.2 Å². The third-order valence-corrected chi connectivity index (χ3v) is 5.04. The van der Waals surface area contributed by atoms with E-state index in [9.17, 15) is 14.7 Å². The van der Waals surface area contributed by atoms with E-state index in [2.05, 4.69) is 20.4 Å². The van der Waals surface area contributed by atoms with E-state index in [0.29, 0.717) is 22.0 Å². The van der Waals surface area contributed by atoms with Crippen molar-refractivity contribution in [1.29, 1.82) is 0 Å². The number of aliphatic hydroxyl groups is 1. The minimum Gasteiger partial charge on any atom is -0.394 e. The van der Waals surface area contributed by atoms with Gasteiger partial charge in [-0.05, 0) is 37.0 Å². The Balaban J connectivity index is 1.80. The van der Waals surface area contributed by atoms with Crippen molar-refractivity contribution in [1.82, 2.24) is 25.1 Å². The van der Waals surface area contributed by atoms with Crippen LogP contribution in [-0.2, 0) is 0 Å². The largest absolute Gasteiger partial charge is 0.394 e. The fourth-order valence-corrected chi connectivity index (χ4v) is 3.18. The van der Waals surface area contributed by atoms with Gasteiger partial charge in [-0.25, -0.2) is 9.97 Å². The van der Waals surface area contributed by atoms with Gasteiger partial charge in [0.15, 0.2) is 0 Å². The summed E-state index contributed by atoms with van der Waals surface area (Å²) in [4.78, 5) is 33.7. The van der Waals surface area contributed by atoms with E-state index in [-0.39, 0.29) is 24.1 Å². The maximum Gasteiger partial charge on any atom is 0.284 e. The molecule has 8 nitrogen and oxygen atoms in total. The van der Waals surface area contributed by atoms with Crippen LogP contribution in [0.5, 0.6) is 0 Å². The Labute approximate surface area is 171 Å². The average Bonchev–Trinajstić information content (AvgIpc) is 3.58. The highest BCUT2D eigenvalue weighted by molar-refractivity contribution is 6.30. The molecule has 0 radical (unpaired) electrons. The Kier molecular flexibility index (Phi) is 5.37. The third kappa shape index (κ3) is 4.18. The predicted molar refractivity (Wildman–Crippen MR) is 107 cm³/mol. The number of aromatic nitrogens is 4. The van der Waals surface area contributed by atoms with Gasteiger partial charge in [0.1, 0.15) is 17.6 Å². The van der Waals surface area contributed by atoms with E-state index in [1.807, 2.05) is 0 Å². The Morgan fingerprint density at radius 2 is 1.93 bits per heavy atom. The summed E-state index contributed by atoms with van der Waals surface area (Å²) >= 11 is 5.96. The van der Waals surface area contributed by atoms with Crippen LogP contribution in [0.15, 0.2) is 53.8 Å². The van der Waals surface area contributed by atoms with E-state index < -0.39 is 11.5 Å². The zero-order chi connectivity index (χ0) is 20.4. The molecule has 1 aliphatic carbocycles. The minimum atomic E-state index is -0.595. The molecule has 1 amide bonds. The first kappa shape index (κ1) is 19.2. The van der Waals surface area contributed by atoms with Crippen molar-refractivity contribution in [3.63, 3.8) is 0 Å². The molecule has 0 saturated heterocycles. The first-order valence-electron chi connectivity index (χ1n) is 9.14. The molecule has 1 fully saturated rings. The van der Waals surface area contributed by atoms with Gasteiger partial charge in [-0.2, -0.15) is 9.78 Å². The summed E-state index contributed by atoms with van der Waals surface area (Å²) in [5, 5.41) is 17.3. The first-order valence-corrected chi connectivity index (χ1v) is 9.52. The number of benzene rings is 1. The molecule has 0 aliphatic heterocycles. The van der Waals surface area contributed by atoms with Gasteiger partial charge >= 0.3 is 0 Å². The summed E-state index contributed by atoms with van der Waals surface area (Å²) in [6.07, 6.45) is 6.12. The zero-order valence-electron chi connectivity index (χ0n) is 15.3. The fourth-order valence-electron chi connectivity index (χ4n) is 3.05. The van der Waals surface area contributed by atoms with Gasteiger partial charge in [-0.3, -0.25) is 9.59 Å². The monoisotopic (exact) mass is 411 g/mol. The van der Waals surface area contributed by atoms with Crippen molar-refractivity contribution in [3.05, 3.63) is 70.0 Å². The van der Waals surface area contributed by atoms with Gasteiger partial charge in [-0.15, -0.1) is 0 Å². The van der Waals surface area contributed by atoms with Gasteiger partial charge < -0.3 is 10.4 Å². The van der Waals surface area contributed by atoms with Crippen molar-refractivity contribution in [2.75, 3.05) is 6.61 Å². The molecule has 1 saturated carbocycles. The second kappa shape index (κ2) is 8.10. The summed E-state index contributed by atoms with van der Waals surface area (Å²) in [5.74, 6) is -0.310. The van der Waals surface area contributed by atoms with Crippen LogP contribution < -0.4 is 10.9 Å². The van der Waals surface area contributed by atoms with Gasteiger partial charge in [0, 0.05) is 10.6 Å². The smallest absolute Gasteiger partial charge is 0.284 e. The quantitative estimate of drug-likeness (QED) is 0.640. The lowest BCUT2D eigenvalue weighted by atomic mass is 10.1. The van der Waals surface area contributed by atoms with Crippen LogP contribution in [-0.4, -0.2) is 43.4 Å². The average molecular weight is 412 g/mol. The highest BCUT2D eigenvalue weighted by atomic mass is 35.5. The molecule has 2 aromatic heterocycles. The predicted octanol–water partition coefficient (Wildman–Crippen LogP) is 1.84. The molecule has 0 bridgehead atoms. The second-order valence-corrected chi connectivity index (χ2v) is 7.30. The maximum absolute atomic E-state index is 13.0. The van der Waals surface area contributed by atoms with Crippen molar-refractivity contribution in [2.45, 2.75) is 18.9 Å². The van der Waals surface area contributed by atoms with Gasteiger partial charge in [0.25, 0.3) is 11.5 Å². The van der Waals surface area contributed by atoms with Crippen molar-refractivity contribution in [3.8, 4) is 16.9 Å². The number of nitrogens with zero attached hydrogens (tertiary/aromatic N) is 4. The molecule has 2 N–H and O–H groups in total. The molecule has 29 heavy (non-hydrogen) atoms. The molecule has 2 heterocycles. The molecule has 1 aromatic carbocycles. The summed E-state index contributed by atoms with van der Waals surface area (Å²) < 4.78 is 1.10. The van der Waals surface area contributed by atoms with Crippen molar-refractivity contribution < 1.29 is 9.90 Å². The molecule has 1 unspecified atom stereocenters. The SMILES string of the molecule is O=C(NC(CO)C1CC1)c1cc(-c2ccc(Cl)cc2)nn(-c2cncnc2)c1=O. The van der Waals surface area contributed by atoms with E-state index in [1.165, 1.54) is 24.8 Å². The Hall–Kier alpha value is -3.10. The molecular formula is C20H18ClN5O3. The topological polar surface area (TPSA) is 110 Å². The van der Waals surface area contributed by atoms with Crippen molar-refractivity contribution in [2.24, 2.45) is 5.92 Å². The van der Waals surface area contributed by atoms with Crippen LogP contribution in [0, 0.1) is 5.92 Å². The third-order valence-electron chi connectivity index (χ3n) is 4.79. The van der Waals surface area contributed by atoms with Crippen LogP contribution in [0.25, 0.3) is 16.9 Å². The number of rotatable bonds is 6. The summed E-state index contributed by atoms with van der Waals surface area (Å²) in [7, 11) is 0. The molecule has 1 aliphatic rings. The van der Waals surface area contributed by atoms with E-state index >= 15 is 0 Å². The lowest BCUT2D eigenvalue weighted by Gasteiger charge is -2.16. The highest BCUT2D eigenvalue weighted by Gasteiger charge is 2.32. The molecule has 0 spiro atoms. The van der Waals surface area contributed by atoms with E-state index in [0.717, 1.165) is 17.5 Å². The van der Waals surface area contributed by atoms with Gasteiger partial charge in [-0.1, -0.05) is 23.7 Å².